The Morgan fingerprint density at radius 3 is 2.73 bits per heavy atom. The lowest BCUT2D eigenvalue weighted by Gasteiger charge is -2.19. The summed E-state index contributed by atoms with van der Waals surface area (Å²) in [5, 5.41) is 4.21. The van der Waals surface area contributed by atoms with Gasteiger partial charge in [-0.15, -0.1) is 11.6 Å². The van der Waals surface area contributed by atoms with Crippen LogP contribution in [0.25, 0.3) is 0 Å². The van der Waals surface area contributed by atoms with Crippen molar-refractivity contribution < 1.29 is 9.59 Å². The van der Waals surface area contributed by atoms with Crippen LogP contribution in [-0.4, -0.2) is 23.4 Å². The van der Waals surface area contributed by atoms with Gasteiger partial charge in [0.15, 0.2) is 0 Å². The molecule has 0 aliphatic heterocycles. The Morgan fingerprint density at radius 1 is 1.47 bits per heavy atom. The number of carbonyl (C=O) groups excluding carboxylic acids is 2. The molecule has 0 saturated heterocycles. The normalized spacial score (nSPS) is 21.9. The lowest BCUT2D eigenvalue weighted by atomic mass is 10.0. The van der Waals surface area contributed by atoms with E-state index < -0.39 is 17.3 Å². The Balaban J connectivity index is 2.29. The van der Waals surface area contributed by atoms with E-state index in [4.69, 9.17) is 11.6 Å². The van der Waals surface area contributed by atoms with Gasteiger partial charge in [0.1, 0.15) is 5.38 Å². The Kier molecular flexibility index (Phi) is 4.62. The molecule has 0 radical (unpaired) electrons. The number of amides is 3. The highest BCUT2D eigenvalue weighted by Crippen LogP contribution is 2.09. The summed E-state index contributed by atoms with van der Waals surface area (Å²) in [7, 11) is 0. The van der Waals surface area contributed by atoms with E-state index in [0.29, 0.717) is 0 Å². The quantitative estimate of drug-likeness (QED) is 0.559. The molecular weight excluding hydrogens is 216 g/mol. The topological polar surface area (TPSA) is 58.2 Å². The minimum atomic E-state index is -0.693. The van der Waals surface area contributed by atoms with Gasteiger partial charge in [-0.1, -0.05) is 12.2 Å². The lowest BCUT2D eigenvalue weighted by molar-refractivity contribution is -0.119. The van der Waals surface area contributed by atoms with E-state index in [0.717, 1.165) is 19.3 Å². The van der Waals surface area contributed by atoms with E-state index in [-0.39, 0.29) is 6.04 Å². The van der Waals surface area contributed by atoms with Gasteiger partial charge in [-0.2, -0.15) is 0 Å². The first-order chi connectivity index (χ1) is 7.09. The number of hydrogen-bond acceptors (Lipinski definition) is 2. The highest BCUT2D eigenvalue weighted by molar-refractivity contribution is 6.31. The van der Waals surface area contributed by atoms with Crippen LogP contribution in [0, 0.1) is 0 Å². The van der Waals surface area contributed by atoms with Crippen molar-refractivity contribution in [3.8, 4) is 0 Å². The van der Waals surface area contributed by atoms with Crippen molar-refractivity contribution in [2.75, 3.05) is 0 Å². The van der Waals surface area contributed by atoms with Crippen molar-refractivity contribution in [1.29, 1.82) is 0 Å². The number of rotatable bonds is 2. The average molecular weight is 231 g/mol. The summed E-state index contributed by atoms with van der Waals surface area (Å²) in [4.78, 5) is 22.4. The molecule has 0 aromatic heterocycles. The molecule has 0 heterocycles. The van der Waals surface area contributed by atoms with Gasteiger partial charge in [0.2, 0.25) is 5.91 Å². The van der Waals surface area contributed by atoms with E-state index in [1.54, 1.807) is 0 Å². The number of carbonyl (C=O) groups is 2. The molecule has 0 spiro atoms. The first-order valence-corrected chi connectivity index (χ1v) is 5.43. The number of urea groups is 1. The molecule has 2 atom stereocenters. The van der Waals surface area contributed by atoms with Crippen molar-refractivity contribution in [2.45, 2.75) is 37.6 Å². The van der Waals surface area contributed by atoms with Crippen LogP contribution >= 0.6 is 11.6 Å². The largest absolute Gasteiger partial charge is 0.335 e. The lowest BCUT2D eigenvalue weighted by Crippen LogP contribution is -2.46. The zero-order chi connectivity index (χ0) is 11.3. The SMILES string of the molecule is CC(Cl)C(=O)NC(=O)NC1CC=CCC1. The molecule has 0 bridgehead atoms. The first-order valence-electron chi connectivity index (χ1n) is 5.00. The van der Waals surface area contributed by atoms with Crippen LogP contribution in [0.4, 0.5) is 4.79 Å². The van der Waals surface area contributed by atoms with Crippen LogP contribution in [-0.2, 0) is 4.79 Å². The predicted molar refractivity (Wildman–Crippen MR) is 58.8 cm³/mol. The van der Waals surface area contributed by atoms with Crippen molar-refractivity contribution in [1.82, 2.24) is 10.6 Å². The van der Waals surface area contributed by atoms with Crippen LogP contribution in [0.5, 0.6) is 0 Å². The fraction of sp³-hybridized carbons (Fsp3) is 0.600. The Morgan fingerprint density at radius 2 is 2.20 bits per heavy atom. The van der Waals surface area contributed by atoms with Gasteiger partial charge < -0.3 is 5.32 Å². The average Bonchev–Trinajstić information content (AvgIpc) is 2.18. The van der Waals surface area contributed by atoms with Crippen molar-refractivity contribution in [3.63, 3.8) is 0 Å². The van der Waals surface area contributed by atoms with E-state index in [1.165, 1.54) is 6.92 Å². The molecular formula is C10H15ClN2O2. The molecule has 3 amide bonds. The third-order valence-corrected chi connectivity index (χ3v) is 2.40. The predicted octanol–water partition coefficient (Wildman–Crippen LogP) is 1.55. The second-order valence-electron chi connectivity index (χ2n) is 3.56. The zero-order valence-electron chi connectivity index (χ0n) is 8.63. The number of halogens is 1. The van der Waals surface area contributed by atoms with Gasteiger partial charge in [-0.25, -0.2) is 4.79 Å². The molecule has 15 heavy (non-hydrogen) atoms. The molecule has 0 aromatic carbocycles. The van der Waals surface area contributed by atoms with E-state index in [9.17, 15) is 9.59 Å². The summed E-state index contributed by atoms with van der Waals surface area (Å²) in [6.07, 6.45) is 6.81. The molecule has 0 fully saturated rings. The summed E-state index contributed by atoms with van der Waals surface area (Å²) in [5.41, 5.74) is 0. The molecule has 2 N–H and O–H groups in total. The standard InChI is InChI=1S/C10H15ClN2O2/c1-7(11)9(14)13-10(15)12-8-5-3-2-4-6-8/h2-3,7-8H,4-6H2,1H3,(H2,12,13,14,15). The molecule has 1 aliphatic carbocycles. The molecule has 0 aromatic rings. The first kappa shape index (κ1) is 12.0. The third kappa shape index (κ3) is 4.34. The fourth-order valence-electron chi connectivity index (χ4n) is 1.36. The number of alkyl halides is 1. The maximum absolute atomic E-state index is 11.3. The molecule has 84 valence electrons. The van der Waals surface area contributed by atoms with Crippen molar-refractivity contribution >= 4 is 23.5 Å². The van der Waals surface area contributed by atoms with Gasteiger partial charge in [0.05, 0.1) is 0 Å². The van der Waals surface area contributed by atoms with Gasteiger partial charge in [0, 0.05) is 6.04 Å². The van der Waals surface area contributed by atoms with Crippen LogP contribution in [0.1, 0.15) is 26.2 Å². The Labute approximate surface area is 94.1 Å². The minimum absolute atomic E-state index is 0.119. The summed E-state index contributed by atoms with van der Waals surface area (Å²) >= 11 is 5.51. The number of nitrogens with one attached hydrogen (secondary N) is 2. The summed E-state index contributed by atoms with van der Waals surface area (Å²) in [6.45, 7) is 1.52. The molecule has 0 saturated carbocycles. The van der Waals surface area contributed by atoms with Crippen LogP contribution in [0.3, 0.4) is 0 Å². The monoisotopic (exact) mass is 230 g/mol. The number of hydrogen-bond donors (Lipinski definition) is 2. The number of allylic oxidation sites excluding steroid dienone is 1. The van der Waals surface area contributed by atoms with E-state index in [1.807, 2.05) is 6.08 Å². The maximum Gasteiger partial charge on any atom is 0.321 e. The van der Waals surface area contributed by atoms with Crippen molar-refractivity contribution in [3.05, 3.63) is 12.2 Å². The van der Waals surface area contributed by atoms with Crippen molar-refractivity contribution in [2.24, 2.45) is 0 Å². The minimum Gasteiger partial charge on any atom is -0.335 e. The van der Waals surface area contributed by atoms with Gasteiger partial charge in [0.25, 0.3) is 0 Å². The second-order valence-corrected chi connectivity index (χ2v) is 4.21. The van der Waals surface area contributed by atoms with Gasteiger partial charge in [-0.3, -0.25) is 10.1 Å². The third-order valence-electron chi connectivity index (χ3n) is 2.20. The zero-order valence-corrected chi connectivity index (χ0v) is 9.38. The van der Waals surface area contributed by atoms with Crippen LogP contribution in [0.15, 0.2) is 12.2 Å². The number of imide groups is 1. The van der Waals surface area contributed by atoms with E-state index >= 15 is 0 Å². The molecule has 2 unspecified atom stereocenters. The summed E-state index contributed by atoms with van der Waals surface area (Å²) in [5.74, 6) is -0.472. The highest BCUT2D eigenvalue weighted by Gasteiger charge is 2.16. The Hall–Kier alpha value is -1.03. The molecule has 1 aliphatic rings. The molecule has 5 heteroatoms. The van der Waals surface area contributed by atoms with E-state index in [2.05, 4.69) is 16.7 Å². The van der Waals surface area contributed by atoms with Gasteiger partial charge >= 0.3 is 6.03 Å². The van der Waals surface area contributed by atoms with Gasteiger partial charge in [-0.05, 0) is 26.2 Å². The van der Waals surface area contributed by atoms with Crippen LogP contribution < -0.4 is 10.6 Å². The summed E-state index contributed by atoms with van der Waals surface area (Å²) in [6, 6.07) is -0.346. The molecule has 4 nitrogen and oxygen atoms in total. The second kappa shape index (κ2) is 5.75. The fourth-order valence-corrected chi connectivity index (χ4v) is 1.41. The Bertz CT molecular complexity index is 277. The van der Waals surface area contributed by atoms with Crippen LogP contribution in [0.2, 0.25) is 0 Å². The highest BCUT2D eigenvalue weighted by atomic mass is 35.5. The molecule has 1 rings (SSSR count). The smallest absolute Gasteiger partial charge is 0.321 e. The maximum atomic E-state index is 11.3. The summed E-state index contributed by atoms with van der Waals surface area (Å²) < 4.78 is 0.